The Bertz CT molecular complexity index is 479. The van der Waals surface area contributed by atoms with Crippen LogP contribution in [-0.2, 0) is 10.3 Å². The van der Waals surface area contributed by atoms with Gasteiger partial charge in [-0.25, -0.2) is 0 Å². The first-order valence-electron chi connectivity index (χ1n) is 8.37. The van der Waals surface area contributed by atoms with E-state index in [1.165, 1.54) is 25.9 Å². The van der Waals surface area contributed by atoms with Crippen molar-refractivity contribution < 1.29 is 9.84 Å². The highest BCUT2D eigenvalue weighted by atomic mass is 16.5. The zero-order valence-electron chi connectivity index (χ0n) is 12.6. The van der Waals surface area contributed by atoms with Gasteiger partial charge in [0.25, 0.3) is 0 Å². The van der Waals surface area contributed by atoms with Crippen molar-refractivity contribution in [1.82, 2.24) is 4.90 Å². The summed E-state index contributed by atoms with van der Waals surface area (Å²) >= 11 is 0. The SMILES string of the molecule is O[C@@](CO[C@H]1CN2CCC1CC2)(c1ccccc1)C1CC1. The Kier molecular flexibility index (Phi) is 3.52. The summed E-state index contributed by atoms with van der Waals surface area (Å²) in [7, 11) is 0. The average molecular weight is 287 g/mol. The third kappa shape index (κ3) is 2.63. The zero-order chi connectivity index (χ0) is 14.3. The summed E-state index contributed by atoms with van der Waals surface area (Å²) in [5.41, 5.74) is 0.238. The number of hydrogen-bond acceptors (Lipinski definition) is 3. The number of rotatable bonds is 5. The molecule has 3 nitrogen and oxygen atoms in total. The monoisotopic (exact) mass is 287 g/mol. The van der Waals surface area contributed by atoms with Crippen LogP contribution < -0.4 is 0 Å². The third-order valence-electron chi connectivity index (χ3n) is 5.64. The third-order valence-corrected chi connectivity index (χ3v) is 5.64. The molecule has 0 spiro atoms. The maximum absolute atomic E-state index is 11.2. The van der Waals surface area contributed by atoms with Crippen molar-refractivity contribution in [2.45, 2.75) is 37.4 Å². The molecule has 1 aromatic rings. The maximum atomic E-state index is 11.2. The Labute approximate surface area is 126 Å². The molecule has 4 fully saturated rings. The molecule has 0 radical (unpaired) electrons. The highest BCUT2D eigenvalue weighted by Crippen LogP contribution is 2.46. The molecule has 2 atom stereocenters. The molecular formula is C18H25NO2. The lowest BCUT2D eigenvalue weighted by atomic mass is 9.85. The normalized spacial score (nSPS) is 34.6. The number of piperidine rings is 3. The first kappa shape index (κ1) is 13.7. The van der Waals surface area contributed by atoms with Crippen LogP contribution >= 0.6 is 0 Å². The molecule has 21 heavy (non-hydrogen) atoms. The van der Waals surface area contributed by atoms with Gasteiger partial charge in [0, 0.05) is 6.54 Å². The molecule has 4 aliphatic rings. The fourth-order valence-corrected chi connectivity index (χ4v) is 4.06. The van der Waals surface area contributed by atoms with Crippen LogP contribution in [-0.4, -0.2) is 42.4 Å². The fraction of sp³-hybridized carbons (Fsp3) is 0.667. The molecule has 114 valence electrons. The van der Waals surface area contributed by atoms with Crippen LogP contribution in [0.3, 0.4) is 0 Å². The van der Waals surface area contributed by atoms with Gasteiger partial charge in [-0.05, 0) is 56.2 Å². The number of benzene rings is 1. The lowest BCUT2D eigenvalue weighted by Crippen LogP contribution is -2.52. The van der Waals surface area contributed by atoms with Crippen LogP contribution in [0.4, 0.5) is 0 Å². The van der Waals surface area contributed by atoms with Crippen molar-refractivity contribution in [3.05, 3.63) is 35.9 Å². The molecule has 1 aliphatic carbocycles. The van der Waals surface area contributed by atoms with E-state index in [0.717, 1.165) is 24.9 Å². The van der Waals surface area contributed by atoms with E-state index in [0.29, 0.717) is 24.5 Å². The lowest BCUT2D eigenvalue weighted by Gasteiger charge is -2.45. The first-order chi connectivity index (χ1) is 10.3. The van der Waals surface area contributed by atoms with Crippen LogP contribution in [0.15, 0.2) is 30.3 Å². The van der Waals surface area contributed by atoms with E-state index in [1.54, 1.807) is 0 Å². The van der Waals surface area contributed by atoms with Gasteiger partial charge in [0.15, 0.2) is 0 Å². The summed E-state index contributed by atoms with van der Waals surface area (Å²) in [6, 6.07) is 10.1. The second kappa shape index (κ2) is 5.38. The molecule has 0 amide bonds. The molecule has 3 heterocycles. The predicted molar refractivity (Wildman–Crippen MR) is 82.0 cm³/mol. The molecule has 1 aromatic carbocycles. The van der Waals surface area contributed by atoms with E-state index < -0.39 is 5.60 Å². The van der Waals surface area contributed by atoms with Crippen molar-refractivity contribution in [2.24, 2.45) is 11.8 Å². The molecule has 1 saturated carbocycles. The number of aliphatic hydroxyl groups is 1. The predicted octanol–water partition coefficient (Wildman–Crippen LogP) is 2.40. The van der Waals surface area contributed by atoms with Crippen molar-refractivity contribution in [2.75, 3.05) is 26.2 Å². The molecule has 1 N–H and O–H groups in total. The van der Waals surface area contributed by atoms with E-state index in [2.05, 4.69) is 4.90 Å². The standard InChI is InChI=1S/C18H25NO2/c20-18(16-6-7-16,15-4-2-1-3-5-15)13-21-17-12-19-10-8-14(17)9-11-19/h1-5,14,16-17,20H,6-13H2/t17-,18-/m0/s1. The maximum Gasteiger partial charge on any atom is 0.116 e. The number of ether oxygens (including phenoxy) is 1. The topological polar surface area (TPSA) is 32.7 Å². The Morgan fingerprint density at radius 2 is 1.81 bits per heavy atom. The van der Waals surface area contributed by atoms with Gasteiger partial charge in [-0.2, -0.15) is 0 Å². The Balaban J connectivity index is 1.46. The lowest BCUT2D eigenvalue weighted by molar-refractivity contribution is -0.132. The van der Waals surface area contributed by atoms with Crippen molar-refractivity contribution >= 4 is 0 Å². The minimum atomic E-state index is -0.784. The molecular weight excluding hydrogens is 262 g/mol. The summed E-state index contributed by atoms with van der Waals surface area (Å²) in [5, 5.41) is 11.2. The molecule has 5 rings (SSSR count). The second-order valence-corrected chi connectivity index (χ2v) is 7.05. The quantitative estimate of drug-likeness (QED) is 0.902. The van der Waals surface area contributed by atoms with Gasteiger partial charge in [0.1, 0.15) is 5.60 Å². The van der Waals surface area contributed by atoms with Gasteiger partial charge < -0.3 is 14.7 Å². The molecule has 0 unspecified atom stereocenters. The molecule has 3 heteroatoms. The number of hydrogen-bond donors (Lipinski definition) is 1. The van der Waals surface area contributed by atoms with Crippen LogP contribution in [0.1, 0.15) is 31.2 Å². The summed E-state index contributed by atoms with van der Waals surface area (Å²) in [4.78, 5) is 2.50. The largest absolute Gasteiger partial charge is 0.382 e. The van der Waals surface area contributed by atoms with E-state index in [9.17, 15) is 5.11 Å². The summed E-state index contributed by atoms with van der Waals surface area (Å²) in [6.45, 7) is 3.98. The Morgan fingerprint density at radius 3 is 2.38 bits per heavy atom. The minimum absolute atomic E-state index is 0.321. The first-order valence-corrected chi connectivity index (χ1v) is 8.37. The van der Waals surface area contributed by atoms with Crippen LogP contribution in [0.5, 0.6) is 0 Å². The average Bonchev–Trinajstić information content (AvgIpc) is 3.40. The summed E-state index contributed by atoms with van der Waals surface area (Å²) in [5.74, 6) is 1.08. The zero-order valence-corrected chi connectivity index (χ0v) is 12.6. The Hall–Kier alpha value is -0.900. The second-order valence-electron chi connectivity index (χ2n) is 7.05. The number of nitrogens with zero attached hydrogens (tertiary/aromatic N) is 1. The van der Waals surface area contributed by atoms with Gasteiger partial charge >= 0.3 is 0 Å². The minimum Gasteiger partial charge on any atom is -0.382 e. The van der Waals surface area contributed by atoms with E-state index in [-0.39, 0.29) is 0 Å². The van der Waals surface area contributed by atoms with Gasteiger partial charge in [-0.3, -0.25) is 0 Å². The van der Waals surface area contributed by atoms with Crippen LogP contribution in [0.25, 0.3) is 0 Å². The molecule has 3 aliphatic heterocycles. The van der Waals surface area contributed by atoms with Crippen molar-refractivity contribution in [1.29, 1.82) is 0 Å². The fourth-order valence-electron chi connectivity index (χ4n) is 4.06. The molecule has 2 bridgehead atoms. The van der Waals surface area contributed by atoms with Crippen LogP contribution in [0, 0.1) is 11.8 Å². The van der Waals surface area contributed by atoms with Crippen molar-refractivity contribution in [3.63, 3.8) is 0 Å². The van der Waals surface area contributed by atoms with Gasteiger partial charge in [0.05, 0.1) is 12.7 Å². The van der Waals surface area contributed by atoms with E-state index in [4.69, 9.17) is 4.74 Å². The van der Waals surface area contributed by atoms with Gasteiger partial charge in [0.2, 0.25) is 0 Å². The smallest absolute Gasteiger partial charge is 0.116 e. The van der Waals surface area contributed by atoms with Crippen LogP contribution in [0.2, 0.25) is 0 Å². The molecule has 3 saturated heterocycles. The highest BCUT2D eigenvalue weighted by molar-refractivity contribution is 5.25. The highest BCUT2D eigenvalue weighted by Gasteiger charge is 2.46. The molecule has 0 aromatic heterocycles. The van der Waals surface area contributed by atoms with E-state index in [1.807, 2.05) is 30.3 Å². The van der Waals surface area contributed by atoms with Gasteiger partial charge in [-0.15, -0.1) is 0 Å². The summed E-state index contributed by atoms with van der Waals surface area (Å²) in [6.07, 6.45) is 5.08. The van der Waals surface area contributed by atoms with Gasteiger partial charge in [-0.1, -0.05) is 30.3 Å². The van der Waals surface area contributed by atoms with E-state index >= 15 is 0 Å². The number of fused-ring (bicyclic) bond motifs is 3. The Morgan fingerprint density at radius 1 is 1.10 bits per heavy atom. The summed E-state index contributed by atoms with van der Waals surface area (Å²) < 4.78 is 6.25. The van der Waals surface area contributed by atoms with Crippen molar-refractivity contribution in [3.8, 4) is 0 Å².